The molecule has 2 aromatic rings. The Morgan fingerprint density at radius 2 is 1.75 bits per heavy atom. The first-order valence-corrected chi connectivity index (χ1v) is 7.93. The maximum absolute atomic E-state index is 12.8. The Labute approximate surface area is 137 Å². The van der Waals surface area contributed by atoms with E-state index >= 15 is 0 Å². The predicted octanol–water partition coefficient (Wildman–Crippen LogP) is 3.74. The highest BCUT2D eigenvalue weighted by Crippen LogP contribution is 2.28. The van der Waals surface area contributed by atoms with Gasteiger partial charge >= 0.3 is 6.18 Å². The number of hydrogen-bond donors (Lipinski definition) is 0. The number of benzene rings is 1. The molecule has 1 saturated heterocycles. The molecule has 1 amide bonds. The topological polar surface area (TPSA) is 38.1 Å². The van der Waals surface area contributed by atoms with Crippen LogP contribution in [0.15, 0.2) is 36.5 Å². The van der Waals surface area contributed by atoms with Crippen LogP contribution in [0, 0.1) is 0 Å². The smallest absolute Gasteiger partial charge is 0.339 e. The van der Waals surface area contributed by atoms with Crippen LogP contribution in [-0.2, 0) is 6.54 Å². The summed E-state index contributed by atoms with van der Waals surface area (Å²) in [5.41, 5.74) is 1.01. The zero-order chi connectivity index (χ0) is 17.2. The minimum absolute atomic E-state index is 0.225. The van der Waals surface area contributed by atoms with E-state index in [0.717, 1.165) is 23.9 Å². The van der Waals surface area contributed by atoms with Crippen molar-refractivity contribution in [3.63, 3.8) is 0 Å². The number of alkyl halides is 3. The van der Waals surface area contributed by atoms with Crippen LogP contribution in [0.1, 0.15) is 29.6 Å². The molecule has 0 unspecified atom stereocenters. The number of likely N-dealkylation sites (tertiary alicyclic amines) is 1. The van der Waals surface area contributed by atoms with Gasteiger partial charge in [0.2, 0.25) is 0 Å². The highest BCUT2D eigenvalue weighted by atomic mass is 19.4. The number of nitrogens with zero attached hydrogens (tertiary/aromatic N) is 3. The van der Waals surface area contributed by atoms with Gasteiger partial charge in [0.05, 0.1) is 17.5 Å². The van der Waals surface area contributed by atoms with Gasteiger partial charge in [-0.15, -0.1) is 0 Å². The van der Waals surface area contributed by atoms with Gasteiger partial charge in [-0.1, -0.05) is 30.3 Å². The van der Waals surface area contributed by atoms with E-state index in [1.165, 1.54) is 6.20 Å². The molecule has 7 heteroatoms. The van der Waals surface area contributed by atoms with Gasteiger partial charge in [0.15, 0.2) is 0 Å². The summed E-state index contributed by atoms with van der Waals surface area (Å²) in [6.07, 6.45) is -0.235. The fourth-order valence-corrected chi connectivity index (χ4v) is 3.00. The van der Waals surface area contributed by atoms with E-state index in [1.807, 2.05) is 0 Å². The van der Waals surface area contributed by atoms with Crippen molar-refractivity contribution in [2.24, 2.45) is 0 Å². The normalized spacial score (nSPS) is 15.5. The second-order valence-corrected chi connectivity index (χ2v) is 5.90. The third-order valence-electron chi connectivity index (χ3n) is 4.09. The van der Waals surface area contributed by atoms with Gasteiger partial charge in [0, 0.05) is 18.7 Å². The Bertz CT molecular complexity index is 704. The summed E-state index contributed by atoms with van der Waals surface area (Å²) in [7, 11) is 0. The van der Waals surface area contributed by atoms with Crippen LogP contribution >= 0.6 is 0 Å². The molecule has 1 aromatic heterocycles. The number of amides is 1. The standard InChI is InChI=1S/C17H18F3N3O/c18-17(19,20)12-23-15(13-7-3-1-4-8-13)14(11-21-23)16(24)22-9-5-2-6-10-22/h1,3-4,7-8,11H,2,5-6,9-10,12H2. The first-order valence-electron chi connectivity index (χ1n) is 7.93. The fraction of sp³-hybridized carbons (Fsp3) is 0.412. The number of carbonyl (C=O) groups excluding carboxylic acids is 1. The van der Waals surface area contributed by atoms with Crippen molar-refractivity contribution in [1.29, 1.82) is 0 Å². The van der Waals surface area contributed by atoms with Gasteiger partial charge in [0.25, 0.3) is 5.91 Å². The SMILES string of the molecule is O=C(c1cnn(CC(F)(F)F)c1-c1ccccc1)N1CCCCC1. The number of rotatable bonds is 3. The van der Waals surface area contributed by atoms with Gasteiger partial charge in [-0.2, -0.15) is 18.3 Å². The van der Waals surface area contributed by atoms with Gasteiger partial charge in [0.1, 0.15) is 6.54 Å². The second kappa shape index (κ2) is 6.67. The molecule has 3 rings (SSSR count). The molecular formula is C17H18F3N3O. The number of aromatic nitrogens is 2. The second-order valence-electron chi connectivity index (χ2n) is 5.90. The lowest BCUT2D eigenvalue weighted by Gasteiger charge is -2.26. The molecule has 0 atom stereocenters. The lowest BCUT2D eigenvalue weighted by Crippen LogP contribution is -2.35. The summed E-state index contributed by atoms with van der Waals surface area (Å²) in [4.78, 5) is 14.5. The van der Waals surface area contributed by atoms with Crippen LogP contribution in [0.3, 0.4) is 0 Å². The van der Waals surface area contributed by atoms with Crippen LogP contribution in [0.2, 0.25) is 0 Å². The van der Waals surface area contributed by atoms with E-state index in [0.29, 0.717) is 18.7 Å². The van der Waals surface area contributed by atoms with Crippen molar-refractivity contribution in [3.05, 3.63) is 42.1 Å². The molecule has 0 radical (unpaired) electrons. The molecule has 24 heavy (non-hydrogen) atoms. The van der Waals surface area contributed by atoms with Crippen molar-refractivity contribution in [2.45, 2.75) is 32.0 Å². The summed E-state index contributed by atoms with van der Waals surface area (Å²) in [6.45, 7) is 0.0551. The molecule has 0 N–H and O–H groups in total. The van der Waals surface area contributed by atoms with E-state index in [-0.39, 0.29) is 17.2 Å². The molecule has 0 saturated carbocycles. The quantitative estimate of drug-likeness (QED) is 0.856. The van der Waals surface area contributed by atoms with Crippen LogP contribution in [0.5, 0.6) is 0 Å². The Morgan fingerprint density at radius 3 is 2.38 bits per heavy atom. The highest BCUT2D eigenvalue weighted by molar-refractivity contribution is 6.00. The number of hydrogen-bond acceptors (Lipinski definition) is 2. The van der Waals surface area contributed by atoms with Crippen molar-refractivity contribution >= 4 is 5.91 Å². The third kappa shape index (κ3) is 3.60. The molecule has 1 fully saturated rings. The minimum Gasteiger partial charge on any atom is -0.339 e. The zero-order valence-corrected chi connectivity index (χ0v) is 13.1. The zero-order valence-electron chi connectivity index (χ0n) is 13.1. The van der Waals surface area contributed by atoms with Gasteiger partial charge < -0.3 is 4.90 Å². The molecule has 0 aliphatic carbocycles. The van der Waals surface area contributed by atoms with Gasteiger partial charge in [-0.25, -0.2) is 0 Å². The Hall–Kier alpha value is -2.31. The summed E-state index contributed by atoms with van der Waals surface area (Å²) in [5.74, 6) is -0.248. The minimum atomic E-state index is -4.40. The van der Waals surface area contributed by atoms with Crippen molar-refractivity contribution in [3.8, 4) is 11.3 Å². The number of piperidine rings is 1. The Balaban J connectivity index is 2.01. The van der Waals surface area contributed by atoms with Crippen LogP contribution < -0.4 is 0 Å². The lowest BCUT2D eigenvalue weighted by molar-refractivity contribution is -0.142. The van der Waals surface area contributed by atoms with Crippen molar-refractivity contribution in [2.75, 3.05) is 13.1 Å². The average molecular weight is 337 g/mol. The van der Waals surface area contributed by atoms with Gasteiger partial charge in [-0.3, -0.25) is 9.48 Å². The maximum Gasteiger partial charge on any atom is 0.408 e. The summed E-state index contributed by atoms with van der Waals surface area (Å²) in [6, 6.07) is 8.62. The largest absolute Gasteiger partial charge is 0.408 e. The monoisotopic (exact) mass is 337 g/mol. The number of halogens is 3. The highest BCUT2D eigenvalue weighted by Gasteiger charge is 2.32. The van der Waals surface area contributed by atoms with Crippen molar-refractivity contribution < 1.29 is 18.0 Å². The molecule has 1 aliphatic rings. The summed E-state index contributed by atoms with van der Waals surface area (Å²) >= 11 is 0. The van der Waals surface area contributed by atoms with Gasteiger partial charge in [-0.05, 0) is 19.3 Å². The molecule has 2 heterocycles. The molecule has 128 valence electrons. The molecule has 1 aromatic carbocycles. The molecule has 4 nitrogen and oxygen atoms in total. The van der Waals surface area contributed by atoms with E-state index in [9.17, 15) is 18.0 Å². The molecular weight excluding hydrogens is 319 g/mol. The average Bonchev–Trinajstić information content (AvgIpc) is 2.97. The predicted molar refractivity (Wildman–Crippen MR) is 83.5 cm³/mol. The third-order valence-corrected chi connectivity index (χ3v) is 4.09. The van der Waals surface area contributed by atoms with E-state index < -0.39 is 12.7 Å². The summed E-state index contributed by atoms with van der Waals surface area (Å²) in [5, 5.41) is 3.84. The molecule has 0 bridgehead atoms. The number of carbonyl (C=O) groups is 1. The molecule has 1 aliphatic heterocycles. The Morgan fingerprint density at radius 1 is 1.08 bits per heavy atom. The first kappa shape index (κ1) is 16.5. The molecule has 0 spiro atoms. The maximum atomic E-state index is 12.8. The van der Waals surface area contributed by atoms with Crippen LogP contribution in [0.25, 0.3) is 11.3 Å². The van der Waals surface area contributed by atoms with Crippen LogP contribution in [0.4, 0.5) is 13.2 Å². The van der Waals surface area contributed by atoms with Crippen molar-refractivity contribution in [1.82, 2.24) is 14.7 Å². The Kier molecular flexibility index (Phi) is 4.59. The van der Waals surface area contributed by atoms with E-state index in [2.05, 4.69) is 5.10 Å². The first-order chi connectivity index (χ1) is 11.5. The van der Waals surface area contributed by atoms with E-state index in [1.54, 1.807) is 35.2 Å². The van der Waals surface area contributed by atoms with Crippen LogP contribution in [-0.4, -0.2) is 39.9 Å². The lowest BCUT2D eigenvalue weighted by atomic mass is 10.1. The van der Waals surface area contributed by atoms with E-state index in [4.69, 9.17) is 0 Å². The fourth-order valence-electron chi connectivity index (χ4n) is 3.00. The summed E-state index contributed by atoms with van der Waals surface area (Å²) < 4.78 is 39.4.